The first-order chi connectivity index (χ1) is 9.90. The van der Waals surface area contributed by atoms with Gasteiger partial charge in [-0.05, 0) is 39.5 Å². The summed E-state index contributed by atoms with van der Waals surface area (Å²) in [5.41, 5.74) is -1.00. The summed E-state index contributed by atoms with van der Waals surface area (Å²) in [6, 6.07) is -0.0128. The van der Waals surface area contributed by atoms with Crippen LogP contribution in [0.5, 0.6) is 0 Å². The molecule has 1 aliphatic heterocycles. The summed E-state index contributed by atoms with van der Waals surface area (Å²) < 4.78 is 0. The molecule has 0 spiro atoms. The second-order valence-electron chi connectivity index (χ2n) is 6.22. The summed E-state index contributed by atoms with van der Waals surface area (Å²) in [6.45, 7) is 9.24. The molecule has 2 amide bonds. The molecule has 0 aromatic carbocycles. The smallest absolute Gasteiger partial charge is 0.329 e. The number of aliphatic carboxylic acids is 1. The Balaban J connectivity index is 2.89. The van der Waals surface area contributed by atoms with Crippen molar-refractivity contribution in [2.45, 2.75) is 77.8 Å². The molecule has 21 heavy (non-hydrogen) atoms. The van der Waals surface area contributed by atoms with Crippen molar-refractivity contribution in [1.82, 2.24) is 9.80 Å². The lowest BCUT2D eigenvalue weighted by Gasteiger charge is -2.39. The van der Waals surface area contributed by atoms with Crippen LogP contribution >= 0.6 is 0 Å². The van der Waals surface area contributed by atoms with Gasteiger partial charge in [-0.2, -0.15) is 0 Å². The summed E-state index contributed by atoms with van der Waals surface area (Å²) >= 11 is 0. The fourth-order valence-electron chi connectivity index (χ4n) is 3.16. The van der Waals surface area contributed by atoms with Gasteiger partial charge >= 0.3 is 12.0 Å². The quantitative estimate of drug-likeness (QED) is 0.733. The Kier molecular flexibility index (Phi) is 6.49. The van der Waals surface area contributed by atoms with E-state index in [1.165, 1.54) is 0 Å². The highest BCUT2D eigenvalue weighted by atomic mass is 16.4. The molecule has 1 atom stereocenters. The Morgan fingerprint density at radius 2 is 1.95 bits per heavy atom. The topological polar surface area (TPSA) is 60.9 Å². The van der Waals surface area contributed by atoms with Gasteiger partial charge in [0.25, 0.3) is 0 Å². The van der Waals surface area contributed by atoms with Crippen LogP contribution < -0.4 is 0 Å². The van der Waals surface area contributed by atoms with Gasteiger partial charge in [-0.25, -0.2) is 9.59 Å². The zero-order valence-corrected chi connectivity index (χ0v) is 13.9. The molecule has 1 saturated heterocycles. The molecule has 5 nitrogen and oxygen atoms in total. The van der Waals surface area contributed by atoms with Crippen molar-refractivity contribution in [2.24, 2.45) is 0 Å². The van der Waals surface area contributed by atoms with Crippen LogP contribution in [0.15, 0.2) is 0 Å². The highest BCUT2D eigenvalue weighted by Crippen LogP contribution is 2.34. The Morgan fingerprint density at radius 3 is 2.43 bits per heavy atom. The van der Waals surface area contributed by atoms with E-state index in [1.807, 2.05) is 25.7 Å². The van der Waals surface area contributed by atoms with Gasteiger partial charge in [-0.3, -0.25) is 0 Å². The number of hydrogen-bond donors (Lipinski definition) is 1. The molecule has 1 N–H and O–H groups in total. The van der Waals surface area contributed by atoms with E-state index >= 15 is 0 Å². The van der Waals surface area contributed by atoms with Crippen LogP contribution in [0, 0.1) is 0 Å². The van der Waals surface area contributed by atoms with Crippen molar-refractivity contribution in [3.63, 3.8) is 0 Å². The first kappa shape index (κ1) is 17.8. The number of urea groups is 1. The molecule has 0 aliphatic carbocycles. The van der Waals surface area contributed by atoms with Crippen LogP contribution in [0.4, 0.5) is 4.79 Å². The SMILES string of the molecule is CCCCCN(C(=O)N1CCCC1(CC)C(=O)O)C(C)C. The summed E-state index contributed by atoms with van der Waals surface area (Å²) in [5.74, 6) is -0.867. The lowest BCUT2D eigenvalue weighted by Crippen LogP contribution is -2.57. The van der Waals surface area contributed by atoms with E-state index in [4.69, 9.17) is 0 Å². The lowest BCUT2D eigenvalue weighted by molar-refractivity contribution is -0.148. The van der Waals surface area contributed by atoms with Crippen molar-refractivity contribution in [1.29, 1.82) is 0 Å². The van der Waals surface area contributed by atoms with Crippen LogP contribution in [0.25, 0.3) is 0 Å². The van der Waals surface area contributed by atoms with E-state index in [1.54, 1.807) is 4.90 Å². The predicted octanol–water partition coefficient (Wildman–Crippen LogP) is 3.34. The molecule has 1 fully saturated rings. The maximum atomic E-state index is 12.8. The molecule has 1 rings (SSSR count). The van der Waals surface area contributed by atoms with Gasteiger partial charge in [0.1, 0.15) is 5.54 Å². The number of likely N-dealkylation sites (tertiary alicyclic amines) is 1. The van der Waals surface area contributed by atoms with Crippen molar-refractivity contribution in [3.05, 3.63) is 0 Å². The lowest BCUT2D eigenvalue weighted by atomic mass is 9.93. The molecule has 0 aromatic rings. The minimum Gasteiger partial charge on any atom is -0.479 e. The molecule has 0 bridgehead atoms. The molecule has 1 aliphatic rings. The molecule has 0 aromatic heterocycles. The third-order valence-corrected chi connectivity index (χ3v) is 4.57. The third-order valence-electron chi connectivity index (χ3n) is 4.57. The number of carbonyl (C=O) groups excluding carboxylic acids is 1. The molecular weight excluding hydrogens is 268 g/mol. The Morgan fingerprint density at radius 1 is 1.29 bits per heavy atom. The van der Waals surface area contributed by atoms with Crippen molar-refractivity contribution in [2.75, 3.05) is 13.1 Å². The van der Waals surface area contributed by atoms with Crippen LogP contribution in [-0.2, 0) is 4.79 Å². The van der Waals surface area contributed by atoms with Crippen molar-refractivity contribution >= 4 is 12.0 Å². The van der Waals surface area contributed by atoms with Crippen LogP contribution in [0.1, 0.15) is 66.2 Å². The summed E-state index contributed by atoms with van der Waals surface area (Å²) in [4.78, 5) is 28.0. The molecular formula is C16H30N2O3. The van der Waals surface area contributed by atoms with Gasteiger partial charge in [0.15, 0.2) is 0 Å². The van der Waals surface area contributed by atoms with Gasteiger partial charge in [0.2, 0.25) is 0 Å². The van der Waals surface area contributed by atoms with Crippen molar-refractivity contribution < 1.29 is 14.7 Å². The Labute approximate surface area is 128 Å². The third kappa shape index (κ3) is 3.69. The van der Waals surface area contributed by atoms with Gasteiger partial charge in [-0.1, -0.05) is 26.7 Å². The maximum absolute atomic E-state index is 12.8. The molecule has 1 heterocycles. The average molecular weight is 298 g/mol. The van der Waals surface area contributed by atoms with Gasteiger partial charge in [-0.15, -0.1) is 0 Å². The first-order valence-corrected chi connectivity index (χ1v) is 8.22. The number of carbonyl (C=O) groups is 2. The van der Waals surface area contributed by atoms with E-state index in [2.05, 4.69) is 6.92 Å². The normalized spacial score (nSPS) is 21.9. The number of unbranched alkanes of at least 4 members (excludes halogenated alkanes) is 2. The fraction of sp³-hybridized carbons (Fsp3) is 0.875. The summed E-state index contributed by atoms with van der Waals surface area (Å²) in [7, 11) is 0. The summed E-state index contributed by atoms with van der Waals surface area (Å²) in [6.07, 6.45) is 4.97. The number of carboxylic acids is 1. The number of nitrogens with zero attached hydrogens (tertiary/aromatic N) is 2. The molecule has 122 valence electrons. The monoisotopic (exact) mass is 298 g/mol. The number of amides is 2. The highest BCUT2D eigenvalue weighted by molar-refractivity contribution is 5.87. The second-order valence-corrected chi connectivity index (χ2v) is 6.22. The first-order valence-electron chi connectivity index (χ1n) is 8.22. The highest BCUT2D eigenvalue weighted by Gasteiger charge is 2.49. The standard InChI is InChI=1S/C16H30N2O3/c1-5-7-8-11-17(13(3)4)15(21)18-12-9-10-16(18,6-2)14(19)20/h13H,5-12H2,1-4H3,(H,19,20). The fourth-order valence-corrected chi connectivity index (χ4v) is 3.16. The minimum absolute atomic E-state index is 0.0957. The van der Waals surface area contributed by atoms with Gasteiger partial charge in [0.05, 0.1) is 0 Å². The van der Waals surface area contributed by atoms with E-state index in [-0.39, 0.29) is 12.1 Å². The van der Waals surface area contributed by atoms with Crippen LogP contribution in [0.2, 0.25) is 0 Å². The largest absolute Gasteiger partial charge is 0.479 e. The van der Waals surface area contributed by atoms with E-state index in [0.717, 1.165) is 25.7 Å². The molecule has 0 radical (unpaired) electrons. The van der Waals surface area contributed by atoms with Gasteiger partial charge in [0, 0.05) is 19.1 Å². The van der Waals surface area contributed by atoms with Crippen LogP contribution in [-0.4, -0.2) is 51.6 Å². The average Bonchev–Trinajstić information content (AvgIpc) is 2.87. The predicted molar refractivity (Wildman–Crippen MR) is 83.4 cm³/mol. The zero-order chi connectivity index (χ0) is 16.0. The Bertz CT molecular complexity index is 371. The zero-order valence-electron chi connectivity index (χ0n) is 13.9. The summed E-state index contributed by atoms with van der Waals surface area (Å²) in [5, 5.41) is 9.61. The number of rotatable bonds is 7. The maximum Gasteiger partial charge on any atom is 0.329 e. The van der Waals surface area contributed by atoms with Crippen molar-refractivity contribution in [3.8, 4) is 0 Å². The second kappa shape index (κ2) is 7.66. The van der Waals surface area contributed by atoms with E-state index in [9.17, 15) is 14.7 Å². The van der Waals surface area contributed by atoms with Crippen LogP contribution in [0.3, 0.4) is 0 Å². The van der Waals surface area contributed by atoms with E-state index in [0.29, 0.717) is 25.9 Å². The minimum atomic E-state index is -1.00. The molecule has 1 unspecified atom stereocenters. The van der Waals surface area contributed by atoms with Gasteiger partial charge < -0.3 is 14.9 Å². The molecule has 5 heteroatoms. The Hall–Kier alpha value is -1.26. The number of carboxylic acid groups (broad SMARTS) is 1. The molecule has 0 saturated carbocycles. The van der Waals surface area contributed by atoms with E-state index < -0.39 is 11.5 Å². The number of hydrogen-bond acceptors (Lipinski definition) is 2.